The Bertz CT molecular complexity index is 1010. The summed E-state index contributed by atoms with van der Waals surface area (Å²) in [4.78, 5) is 19.5. The molecule has 0 fully saturated rings. The fourth-order valence-corrected chi connectivity index (χ4v) is 2.73. The maximum absolute atomic E-state index is 12.4. The number of fused-ring (bicyclic) bond motifs is 1. The highest BCUT2D eigenvalue weighted by Crippen LogP contribution is 2.24. The largest absolute Gasteiger partial charge is 0.435 e. The van der Waals surface area contributed by atoms with Gasteiger partial charge in [-0.05, 0) is 45.4 Å². The van der Waals surface area contributed by atoms with E-state index < -0.39 is 6.61 Å². The minimum atomic E-state index is -2.89. The van der Waals surface area contributed by atoms with Crippen LogP contribution in [0.1, 0.15) is 39.3 Å². The zero-order valence-electron chi connectivity index (χ0n) is 15.5. The van der Waals surface area contributed by atoms with E-state index in [9.17, 15) is 13.6 Å². The molecule has 144 valence electrons. The zero-order valence-corrected chi connectivity index (χ0v) is 15.5. The summed E-state index contributed by atoms with van der Waals surface area (Å²) in [6.45, 7) is 4.83. The monoisotopic (exact) mass is 377 g/mol. The average molecular weight is 377 g/mol. The van der Waals surface area contributed by atoms with Gasteiger partial charge in [0, 0.05) is 0 Å². The van der Waals surface area contributed by atoms with Crippen LogP contribution in [0.4, 0.5) is 14.7 Å². The van der Waals surface area contributed by atoms with Gasteiger partial charge >= 0.3 is 6.61 Å². The summed E-state index contributed by atoms with van der Waals surface area (Å²) in [6, 6.07) is 6.06. The van der Waals surface area contributed by atoms with E-state index in [1.807, 2.05) is 27.7 Å². The van der Waals surface area contributed by atoms with Crippen LogP contribution in [0.2, 0.25) is 0 Å². The summed E-state index contributed by atoms with van der Waals surface area (Å²) >= 11 is 0. The SMILES string of the molecule is CC(Nc1nc2c(cnn2C(C)(C)C)c(=O)[nH]1)c1cccc(OC(F)F)c1. The van der Waals surface area contributed by atoms with Crippen molar-refractivity contribution in [2.24, 2.45) is 0 Å². The molecule has 0 amide bonds. The first kappa shape index (κ1) is 18.8. The second-order valence-corrected chi connectivity index (χ2v) is 7.20. The fourth-order valence-electron chi connectivity index (χ4n) is 2.73. The van der Waals surface area contributed by atoms with Gasteiger partial charge in [0.2, 0.25) is 5.95 Å². The van der Waals surface area contributed by atoms with Gasteiger partial charge in [-0.2, -0.15) is 18.9 Å². The first-order valence-electron chi connectivity index (χ1n) is 8.45. The van der Waals surface area contributed by atoms with Crippen LogP contribution in [0, 0.1) is 0 Å². The molecule has 0 saturated carbocycles. The van der Waals surface area contributed by atoms with Crippen molar-refractivity contribution in [3.63, 3.8) is 0 Å². The third kappa shape index (κ3) is 4.07. The number of H-pyrrole nitrogens is 1. The predicted octanol–water partition coefficient (Wildman–Crippen LogP) is 3.65. The molecular weight excluding hydrogens is 356 g/mol. The number of hydrogen-bond acceptors (Lipinski definition) is 5. The van der Waals surface area contributed by atoms with Crippen molar-refractivity contribution in [1.82, 2.24) is 19.7 Å². The Kier molecular flexibility index (Phi) is 4.86. The Labute approximate surface area is 154 Å². The number of aromatic amines is 1. The van der Waals surface area contributed by atoms with E-state index >= 15 is 0 Å². The fraction of sp³-hybridized carbons (Fsp3) is 0.389. The molecule has 0 aliphatic carbocycles. The lowest BCUT2D eigenvalue weighted by Gasteiger charge is -2.20. The number of hydrogen-bond donors (Lipinski definition) is 2. The number of ether oxygens (including phenoxy) is 1. The molecule has 9 heteroatoms. The maximum Gasteiger partial charge on any atom is 0.387 e. The van der Waals surface area contributed by atoms with Crippen molar-refractivity contribution in [3.05, 3.63) is 46.4 Å². The highest BCUT2D eigenvalue weighted by molar-refractivity contribution is 5.74. The minimum absolute atomic E-state index is 0.0684. The van der Waals surface area contributed by atoms with E-state index in [1.165, 1.54) is 18.3 Å². The molecule has 7 nitrogen and oxygen atoms in total. The quantitative estimate of drug-likeness (QED) is 0.709. The van der Waals surface area contributed by atoms with Gasteiger partial charge in [-0.25, -0.2) is 4.68 Å². The number of nitrogens with one attached hydrogen (secondary N) is 2. The van der Waals surface area contributed by atoms with Gasteiger partial charge in [-0.15, -0.1) is 0 Å². The lowest BCUT2D eigenvalue weighted by Crippen LogP contribution is -2.24. The van der Waals surface area contributed by atoms with E-state index in [2.05, 4.69) is 25.1 Å². The van der Waals surface area contributed by atoms with Crippen molar-refractivity contribution < 1.29 is 13.5 Å². The van der Waals surface area contributed by atoms with Crippen molar-refractivity contribution >= 4 is 17.0 Å². The van der Waals surface area contributed by atoms with E-state index in [4.69, 9.17) is 0 Å². The number of benzene rings is 1. The molecule has 0 saturated heterocycles. The summed E-state index contributed by atoms with van der Waals surface area (Å²) in [5.74, 6) is 0.338. The second-order valence-electron chi connectivity index (χ2n) is 7.20. The van der Waals surface area contributed by atoms with Crippen LogP contribution in [0.3, 0.4) is 0 Å². The molecule has 0 bridgehead atoms. The van der Waals surface area contributed by atoms with Crippen LogP contribution in [0.25, 0.3) is 11.0 Å². The number of aromatic nitrogens is 4. The lowest BCUT2D eigenvalue weighted by atomic mass is 10.1. The van der Waals surface area contributed by atoms with Crippen molar-refractivity contribution in [1.29, 1.82) is 0 Å². The Morgan fingerprint density at radius 1 is 1.30 bits per heavy atom. The summed E-state index contributed by atoms with van der Waals surface area (Å²) in [5.41, 5.74) is 0.530. The zero-order chi connectivity index (χ0) is 19.8. The van der Waals surface area contributed by atoms with Gasteiger partial charge in [0.15, 0.2) is 5.65 Å². The van der Waals surface area contributed by atoms with Crippen LogP contribution in [-0.2, 0) is 5.54 Å². The number of rotatable bonds is 5. The molecule has 1 unspecified atom stereocenters. The topological polar surface area (TPSA) is 84.8 Å². The van der Waals surface area contributed by atoms with E-state index in [-0.39, 0.29) is 28.8 Å². The Morgan fingerprint density at radius 3 is 2.70 bits per heavy atom. The Hall–Kier alpha value is -2.97. The lowest BCUT2D eigenvalue weighted by molar-refractivity contribution is -0.0498. The number of anilines is 1. The molecule has 0 aliphatic heterocycles. The molecular formula is C18H21F2N5O2. The first-order valence-corrected chi connectivity index (χ1v) is 8.45. The standard InChI is InChI=1S/C18H21F2N5O2/c1-10(11-6-5-7-12(8-11)27-16(19)20)22-17-23-14-13(15(26)24-17)9-21-25(14)18(2,3)4/h5-10,16H,1-4H3,(H2,22,23,24,26). The van der Waals surface area contributed by atoms with E-state index in [1.54, 1.807) is 16.8 Å². The molecule has 3 rings (SSSR count). The molecule has 1 aromatic carbocycles. The number of nitrogens with zero attached hydrogens (tertiary/aromatic N) is 3. The summed E-state index contributed by atoms with van der Waals surface area (Å²) in [7, 11) is 0. The molecule has 1 atom stereocenters. The summed E-state index contributed by atoms with van der Waals surface area (Å²) < 4.78 is 30.9. The summed E-state index contributed by atoms with van der Waals surface area (Å²) in [6.07, 6.45) is 1.49. The number of alkyl halides is 2. The van der Waals surface area contributed by atoms with E-state index in [0.717, 1.165) is 0 Å². The van der Waals surface area contributed by atoms with E-state index in [0.29, 0.717) is 16.6 Å². The highest BCUT2D eigenvalue weighted by atomic mass is 19.3. The molecule has 2 heterocycles. The average Bonchev–Trinajstić information content (AvgIpc) is 2.99. The first-order chi connectivity index (χ1) is 12.6. The molecule has 27 heavy (non-hydrogen) atoms. The minimum Gasteiger partial charge on any atom is -0.435 e. The molecule has 0 spiro atoms. The van der Waals surface area contributed by atoms with Gasteiger partial charge in [0.1, 0.15) is 11.1 Å². The van der Waals surface area contributed by atoms with Gasteiger partial charge in [0.05, 0.1) is 17.8 Å². The Morgan fingerprint density at radius 2 is 2.04 bits per heavy atom. The maximum atomic E-state index is 12.4. The van der Waals surface area contributed by atoms with Crippen molar-refractivity contribution in [2.45, 2.75) is 45.9 Å². The van der Waals surface area contributed by atoms with Crippen LogP contribution < -0.4 is 15.6 Å². The molecule has 0 aliphatic rings. The molecule has 2 N–H and O–H groups in total. The van der Waals surface area contributed by atoms with Crippen molar-refractivity contribution in [3.8, 4) is 5.75 Å². The van der Waals surface area contributed by atoms with Gasteiger partial charge in [-0.1, -0.05) is 12.1 Å². The number of halogens is 2. The van der Waals surface area contributed by atoms with Crippen LogP contribution in [-0.4, -0.2) is 26.4 Å². The van der Waals surface area contributed by atoms with Crippen molar-refractivity contribution in [2.75, 3.05) is 5.32 Å². The smallest absolute Gasteiger partial charge is 0.387 e. The second kappa shape index (κ2) is 6.98. The predicted molar refractivity (Wildman–Crippen MR) is 98.3 cm³/mol. The van der Waals surface area contributed by atoms with Crippen LogP contribution >= 0.6 is 0 Å². The van der Waals surface area contributed by atoms with Crippen LogP contribution in [0.5, 0.6) is 5.75 Å². The highest BCUT2D eigenvalue weighted by Gasteiger charge is 2.20. The third-order valence-electron chi connectivity index (χ3n) is 4.01. The molecule has 3 aromatic rings. The normalized spacial score (nSPS) is 13.1. The van der Waals surface area contributed by atoms with Gasteiger partial charge in [0.25, 0.3) is 5.56 Å². The summed E-state index contributed by atoms with van der Waals surface area (Å²) in [5, 5.41) is 7.75. The Balaban J connectivity index is 1.91. The van der Waals surface area contributed by atoms with Crippen LogP contribution in [0.15, 0.2) is 35.3 Å². The molecule has 2 aromatic heterocycles. The van der Waals surface area contributed by atoms with Gasteiger partial charge in [-0.3, -0.25) is 9.78 Å². The van der Waals surface area contributed by atoms with Gasteiger partial charge < -0.3 is 10.1 Å². The third-order valence-corrected chi connectivity index (χ3v) is 4.01. The molecule has 0 radical (unpaired) electrons.